The molecule has 0 aliphatic heterocycles. The van der Waals surface area contributed by atoms with Crippen molar-refractivity contribution in [3.8, 4) is 5.75 Å². The van der Waals surface area contributed by atoms with E-state index in [9.17, 15) is 14.7 Å². The molecule has 0 saturated heterocycles. The highest BCUT2D eigenvalue weighted by Crippen LogP contribution is 2.24. The molecule has 0 aliphatic carbocycles. The highest BCUT2D eigenvalue weighted by Gasteiger charge is 2.16. The van der Waals surface area contributed by atoms with Gasteiger partial charge in [0.1, 0.15) is 11.3 Å². The molecule has 0 atom stereocenters. The number of carbonyl (C=O) groups is 2. The molecule has 1 amide bonds. The Bertz CT molecular complexity index is 700. The van der Waals surface area contributed by atoms with E-state index in [1.165, 1.54) is 24.3 Å². The Balaban J connectivity index is 2.17. The second-order valence-corrected chi connectivity index (χ2v) is 4.77. The minimum atomic E-state index is -1.21. The zero-order chi connectivity index (χ0) is 15.4. The Hall–Kier alpha value is -2.53. The van der Waals surface area contributed by atoms with E-state index in [2.05, 4.69) is 5.32 Å². The van der Waals surface area contributed by atoms with Gasteiger partial charge in [-0.25, -0.2) is 4.79 Å². The van der Waals surface area contributed by atoms with E-state index >= 15 is 0 Å². The third-order valence-electron chi connectivity index (χ3n) is 2.78. The van der Waals surface area contributed by atoms with Crippen LogP contribution >= 0.6 is 11.6 Å². The van der Waals surface area contributed by atoms with Crippen LogP contribution in [0.4, 0.5) is 5.69 Å². The zero-order valence-electron chi connectivity index (χ0n) is 10.8. The van der Waals surface area contributed by atoms with Crippen LogP contribution in [0.15, 0.2) is 42.5 Å². The van der Waals surface area contributed by atoms with Gasteiger partial charge in [-0.05, 0) is 29.8 Å². The molecule has 108 valence electrons. The lowest BCUT2D eigenvalue weighted by Crippen LogP contribution is -2.17. The summed E-state index contributed by atoms with van der Waals surface area (Å²) in [7, 11) is 0. The molecular formula is C15H12ClNO4. The molecule has 6 heteroatoms. The molecule has 0 aliphatic rings. The quantitative estimate of drug-likeness (QED) is 0.810. The predicted octanol–water partition coefficient (Wildman–Crippen LogP) is 2.93. The number of carboxylic acids is 1. The molecule has 0 heterocycles. The van der Waals surface area contributed by atoms with Crippen LogP contribution in [0, 0.1) is 0 Å². The molecule has 0 aromatic heterocycles. The molecule has 21 heavy (non-hydrogen) atoms. The van der Waals surface area contributed by atoms with Gasteiger partial charge in [0.05, 0.1) is 17.1 Å². The van der Waals surface area contributed by atoms with E-state index in [0.29, 0.717) is 5.56 Å². The third kappa shape index (κ3) is 3.73. The molecule has 2 aromatic carbocycles. The Morgan fingerprint density at radius 2 is 1.86 bits per heavy atom. The molecule has 2 rings (SSSR count). The molecule has 0 saturated carbocycles. The van der Waals surface area contributed by atoms with Gasteiger partial charge in [-0.1, -0.05) is 29.8 Å². The van der Waals surface area contributed by atoms with Crippen molar-refractivity contribution >= 4 is 29.2 Å². The van der Waals surface area contributed by atoms with Crippen LogP contribution in [-0.4, -0.2) is 22.1 Å². The Morgan fingerprint density at radius 1 is 1.14 bits per heavy atom. The van der Waals surface area contributed by atoms with Crippen molar-refractivity contribution in [1.29, 1.82) is 0 Å². The fraction of sp³-hybridized carbons (Fsp3) is 0.0667. The molecular weight excluding hydrogens is 294 g/mol. The van der Waals surface area contributed by atoms with E-state index in [1.54, 1.807) is 18.2 Å². The largest absolute Gasteiger partial charge is 0.508 e. The van der Waals surface area contributed by atoms with Gasteiger partial charge in [-0.15, -0.1) is 0 Å². The van der Waals surface area contributed by atoms with E-state index in [0.717, 1.165) is 0 Å². The number of hydrogen-bond donors (Lipinski definition) is 3. The summed E-state index contributed by atoms with van der Waals surface area (Å²) in [6, 6.07) is 10.7. The Morgan fingerprint density at radius 3 is 2.52 bits per heavy atom. The molecule has 0 spiro atoms. The van der Waals surface area contributed by atoms with E-state index in [-0.39, 0.29) is 28.4 Å². The molecule has 3 N–H and O–H groups in total. The summed E-state index contributed by atoms with van der Waals surface area (Å²) in [4.78, 5) is 23.1. The summed E-state index contributed by atoms with van der Waals surface area (Å²) in [6.45, 7) is 0. The van der Waals surface area contributed by atoms with Crippen LogP contribution < -0.4 is 5.32 Å². The van der Waals surface area contributed by atoms with Crippen LogP contribution in [0.5, 0.6) is 5.75 Å². The summed E-state index contributed by atoms with van der Waals surface area (Å²) >= 11 is 5.82. The van der Waals surface area contributed by atoms with E-state index < -0.39 is 11.9 Å². The van der Waals surface area contributed by atoms with Crippen molar-refractivity contribution in [2.24, 2.45) is 0 Å². The number of carbonyl (C=O) groups excluding carboxylic acids is 1. The van der Waals surface area contributed by atoms with Gasteiger partial charge in [0.15, 0.2) is 0 Å². The van der Waals surface area contributed by atoms with Crippen LogP contribution in [0.2, 0.25) is 5.02 Å². The van der Waals surface area contributed by atoms with E-state index in [1.807, 2.05) is 0 Å². The molecule has 0 fully saturated rings. The summed E-state index contributed by atoms with van der Waals surface area (Å²) in [5, 5.41) is 21.0. The molecule has 0 bridgehead atoms. The number of rotatable bonds is 4. The number of aromatic hydroxyl groups is 1. The molecule has 5 nitrogen and oxygen atoms in total. The SMILES string of the molecule is O=C(Cc1cccc(O)c1)Nc1cccc(Cl)c1C(=O)O. The molecule has 0 unspecified atom stereocenters. The number of aromatic carboxylic acids is 1. The van der Waals surface area contributed by atoms with Gasteiger partial charge in [-0.3, -0.25) is 4.79 Å². The summed E-state index contributed by atoms with van der Waals surface area (Å²) < 4.78 is 0. The summed E-state index contributed by atoms with van der Waals surface area (Å²) in [5.74, 6) is -1.55. The average Bonchev–Trinajstić information content (AvgIpc) is 2.37. The highest BCUT2D eigenvalue weighted by atomic mass is 35.5. The first-order chi connectivity index (χ1) is 9.97. The number of amides is 1. The minimum absolute atomic E-state index is 0.0139. The van der Waals surface area contributed by atoms with Crippen LogP contribution in [-0.2, 0) is 11.2 Å². The van der Waals surface area contributed by atoms with Crippen molar-refractivity contribution in [2.45, 2.75) is 6.42 Å². The molecule has 2 aromatic rings. The maximum absolute atomic E-state index is 12.0. The van der Waals surface area contributed by atoms with E-state index in [4.69, 9.17) is 16.7 Å². The van der Waals surface area contributed by atoms with Crippen LogP contribution in [0.1, 0.15) is 15.9 Å². The molecule has 0 radical (unpaired) electrons. The fourth-order valence-electron chi connectivity index (χ4n) is 1.89. The standard InChI is InChI=1S/C15H12ClNO4/c16-11-5-2-6-12(14(11)15(20)21)17-13(19)8-9-3-1-4-10(18)7-9/h1-7,18H,8H2,(H,17,19)(H,20,21). The van der Waals surface area contributed by atoms with Crippen molar-refractivity contribution < 1.29 is 19.8 Å². The van der Waals surface area contributed by atoms with Gasteiger partial charge < -0.3 is 15.5 Å². The number of benzene rings is 2. The second-order valence-electron chi connectivity index (χ2n) is 4.36. The van der Waals surface area contributed by atoms with Gasteiger partial charge in [0.2, 0.25) is 5.91 Å². The minimum Gasteiger partial charge on any atom is -0.508 e. The average molecular weight is 306 g/mol. The third-order valence-corrected chi connectivity index (χ3v) is 3.09. The number of phenolic OH excluding ortho intramolecular Hbond substituents is 1. The van der Waals surface area contributed by atoms with Crippen molar-refractivity contribution in [1.82, 2.24) is 0 Å². The number of carboxylic acid groups (broad SMARTS) is 1. The number of nitrogens with one attached hydrogen (secondary N) is 1. The number of anilines is 1. The maximum Gasteiger partial charge on any atom is 0.339 e. The first kappa shape index (κ1) is 14.9. The lowest BCUT2D eigenvalue weighted by Gasteiger charge is -2.09. The maximum atomic E-state index is 12.0. The van der Waals surface area contributed by atoms with Crippen molar-refractivity contribution in [3.63, 3.8) is 0 Å². The Labute approximate surface area is 125 Å². The lowest BCUT2D eigenvalue weighted by molar-refractivity contribution is -0.115. The number of phenols is 1. The first-order valence-corrected chi connectivity index (χ1v) is 6.44. The Kier molecular flexibility index (Phi) is 4.45. The summed E-state index contributed by atoms with van der Waals surface area (Å²) in [6.07, 6.45) is 0.0139. The first-order valence-electron chi connectivity index (χ1n) is 6.07. The number of halogens is 1. The van der Waals surface area contributed by atoms with Gasteiger partial charge >= 0.3 is 5.97 Å². The summed E-state index contributed by atoms with van der Waals surface area (Å²) in [5.41, 5.74) is 0.606. The fourth-order valence-corrected chi connectivity index (χ4v) is 2.15. The second kappa shape index (κ2) is 6.28. The van der Waals surface area contributed by atoms with Gasteiger partial charge in [0.25, 0.3) is 0 Å². The number of hydrogen-bond acceptors (Lipinski definition) is 3. The monoisotopic (exact) mass is 305 g/mol. The topological polar surface area (TPSA) is 86.6 Å². The lowest BCUT2D eigenvalue weighted by atomic mass is 10.1. The van der Waals surface area contributed by atoms with Crippen molar-refractivity contribution in [3.05, 3.63) is 58.6 Å². The van der Waals surface area contributed by atoms with Gasteiger partial charge in [0, 0.05) is 0 Å². The van der Waals surface area contributed by atoms with Crippen molar-refractivity contribution in [2.75, 3.05) is 5.32 Å². The zero-order valence-corrected chi connectivity index (χ0v) is 11.6. The predicted molar refractivity (Wildman–Crippen MR) is 78.9 cm³/mol. The van der Waals surface area contributed by atoms with Gasteiger partial charge in [-0.2, -0.15) is 0 Å². The smallest absolute Gasteiger partial charge is 0.339 e. The highest BCUT2D eigenvalue weighted by molar-refractivity contribution is 6.34. The normalized spacial score (nSPS) is 10.1. The van der Waals surface area contributed by atoms with Crippen LogP contribution in [0.3, 0.4) is 0 Å². The van der Waals surface area contributed by atoms with Crippen LogP contribution in [0.25, 0.3) is 0 Å².